The largest absolute Gasteiger partial charge is 0.490 e. The van der Waals surface area contributed by atoms with Crippen molar-refractivity contribution in [3.05, 3.63) is 22.4 Å². The minimum Gasteiger partial charge on any atom is -0.475 e. The highest BCUT2D eigenvalue weighted by atomic mass is 32.2. The van der Waals surface area contributed by atoms with Crippen LogP contribution in [-0.2, 0) is 26.1 Å². The molecule has 0 spiro atoms. The summed E-state index contributed by atoms with van der Waals surface area (Å²) in [5.41, 5.74) is 1.36. The molecule has 160 valence electrons. The highest BCUT2D eigenvalue weighted by molar-refractivity contribution is 7.88. The molecular formula is C16H23F3N2O5S2. The van der Waals surface area contributed by atoms with E-state index >= 15 is 0 Å². The van der Waals surface area contributed by atoms with E-state index < -0.39 is 22.2 Å². The van der Waals surface area contributed by atoms with Gasteiger partial charge in [0.15, 0.2) is 0 Å². The van der Waals surface area contributed by atoms with Gasteiger partial charge in [-0.05, 0) is 41.3 Å². The van der Waals surface area contributed by atoms with Crippen LogP contribution < -0.4 is 4.72 Å². The second kappa shape index (κ2) is 9.53. The van der Waals surface area contributed by atoms with E-state index in [0.717, 1.165) is 32.7 Å². The lowest BCUT2D eigenvalue weighted by molar-refractivity contribution is -0.192. The van der Waals surface area contributed by atoms with Gasteiger partial charge >= 0.3 is 12.1 Å². The van der Waals surface area contributed by atoms with Crippen molar-refractivity contribution in [1.82, 2.24) is 9.62 Å². The van der Waals surface area contributed by atoms with Gasteiger partial charge in [-0.15, -0.1) is 0 Å². The minimum atomic E-state index is -5.08. The van der Waals surface area contributed by atoms with Crippen LogP contribution in [0.25, 0.3) is 0 Å². The summed E-state index contributed by atoms with van der Waals surface area (Å²) in [7, 11) is -3.15. The smallest absolute Gasteiger partial charge is 0.475 e. The number of aliphatic carboxylic acids is 1. The van der Waals surface area contributed by atoms with Crippen LogP contribution in [0.3, 0.4) is 0 Å². The maximum absolute atomic E-state index is 11.2. The Balaban J connectivity index is 0.000000345. The van der Waals surface area contributed by atoms with E-state index in [1.165, 1.54) is 11.8 Å². The number of likely N-dealkylation sites (tertiary alicyclic amines) is 1. The van der Waals surface area contributed by atoms with E-state index in [4.69, 9.17) is 14.6 Å². The second-order valence-corrected chi connectivity index (χ2v) is 9.49. The summed E-state index contributed by atoms with van der Waals surface area (Å²) in [5, 5.41) is 11.4. The van der Waals surface area contributed by atoms with Crippen molar-refractivity contribution in [2.75, 3.05) is 32.5 Å². The van der Waals surface area contributed by atoms with Crippen LogP contribution >= 0.6 is 11.3 Å². The van der Waals surface area contributed by atoms with Crippen LogP contribution in [0.2, 0.25) is 0 Å². The highest BCUT2D eigenvalue weighted by Crippen LogP contribution is 2.34. The van der Waals surface area contributed by atoms with Gasteiger partial charge in [-0.25, -0.2) is 17.9 Å². The summed E-state index contributed by atoms with van der Waals surface area (Å²) < 4.78 is 62.6. The molecule has 7 nitrogen and oxygen atoms in total. The van der Waals surface area contributed by atoms with E-state index in [-0.39, 0.29) is 6.10 Å². The van der Waals surface area contributed by atoms with Gasteiger partial charge in [0.05, 0.1) is 19.0 Å². The van der Waals surface area contributed by atoms with Crippen molar-refractivity contribution >= 4 is 27.3 Å². The van der Waals surface area contributed by atoms with Crippen molar-refractivity contribution in [3.8, 4) is 0 Å². The maximum atomic E-state index is 11.2. The summed E-state index contributed by atoms with van der Waals surface area (Å²) >= 11 is 1.73. The Bertz CT molecular complexity index is 740. The van der Waals surface area contributed by atoms with E-state index in [0.29, 0.717) is 18.4 Å². The molecule has 0 aliphatic carbocycles. The predicted molar refractivity (Wildman–Crippen MR) is 97.5 cm³/mol. The molecule has 0 saturated carbocycles. The highest BCUT2D eigenvalue weighted by Gasteiger charge is 2.41. The van der Waals surface area contributed by atoms with Crippen molar-refractivity contribution in [2.45, 2.75) is 25.2 Å². The number of hydrogen-bond acceptors (Lipinski definition) is 6. The number of alkyl halides is 3. The molecule has 1 aromatic rings. The number of thiophene rings is 1. The second-order valence-electron chi connectivity index (χ2n) is 6.87. The third kappa shape index (κ3) is 7.32. The van der Waals surface area contributed by atoms with E-state index in [1.54, 1.807) is 11.3 Å². The lowest BCUT2D eigenvalue weighted by atomic mass is 9.84. The number of nitrogens with zero attached hydrogens (tertiary/aromatic N) is 1. The predicted octanol–water partition coefficient (Wildman–Crippen LogP) is 1.77. The van der Waals surface area contributed by atoms with Crippen LogP contribution in [0.5, 0.6) is 0 Å². The molecule has 1 aromatic heterocycles. The van der Waals surface area contributed by atoms with Gasteiger partial charge in [0.25, 0.3) is 0 Å². The number of carboxylic acid groups (broad SMARTS) is 1. The van der Waals surface area contributed by atoms with Gasteiger partial charge < -0.3 is 9.84 Å². The summed E-state index contributed by atoms with van der Waals surface area (Å²) in [6.45, 7) is 4.25. The topological polar surface area (TPSA) is 95.9 Å². The third-order valence-electron chi connectivity index (χ3n) is 4.67. The van der Waals surface area contributed by atoms with Crippen molar-refractivity contribution in [2.24, 2.45) is 11.8 Å². The van der Waals surface area contributed by atoms with Crippen LogP contribution in [-0.4, -0.2) is 69.2 Å². The zero-order chi connectivity index (χ0) is 20.9. The molecule has 12 heteroatoms. The summed E-state index contributed by atoms with van der Waals surface area (Å²) in [6, 6.07) is 2.17. The Hall–Kier alpha value is -1.21. The quantitative estimate of drug-likeness (QED) is 0.719. The number of ether oxygens (including phenoxy) is 1. The first kappa shape index (κ1) is 23.1. The molecule has 0 unspecified atom stereocenters. The molecule has 3 rings (SSSR count). The first-order chi connectivity index (χ1) is 13.0. The summed E-state index contributed by atoms with van der Waals surface area (Å²) in [5.74, 6) is -1.74. The zero-order valence-electron chi connectivity index (χ0n) is 15.2. The average molecular weight is 444 g/mol. The first-order valence-corrected chi connectivity index (χ1v) is 11.4. The Morgan fingerprint density at radius 2 is 2.14 bits per heavy atom. The Morgan fingerprint density at radius 3 is 2.68 bits per heavy atom. The molecule has 0 aromatic carbocycles. The molecule has 2 aliphatic rings. The Labute approximate surface area is 165 Å². The number of nitrogens with one attached hydrogen (secondary N) is 1. The van der Waals surface area contributed by atoms with Crippen LogP contribution in [0.1, 0.15) is 12.0 Å². The van der Waals surface area contributed by atoms with Crippen LogP contribution in [0, 0.1) is 11.8 Å². The van der Waals surface area contributed by atoms with Crippen molar-refractivity contribution in [3.63, 3.8) is 0 Å². The third-order valence-corrected chi connectivity index (χ3v) is 6.09. The first-order valence-electron chi connectivity index (χ1n) is 8.55. The molecule has 0 radical (unpaired) electrons. The maximum Gasteiger partial charge on any atom is 0.490 e. The number of halogens is 3. The number of rotatable bonds is 5. The van der Waals surface area contributed by atoms with E-state index in [9.17, 15) is 21.6 Å². The van der Waals surface area contributed by atoms with Gasteiger partial charge in [-0.1, -0.05) is 0 Å². The monoisotopic (exact) mass is 444 g/mol. The van der Waals surface area contributed by atoms with Gasteiger partial charge in [0.2, 0.25) is 10.0 Å². The fourth-order valence-electron chi connectivity index (χ4n) is 3.33. The fourth-order valence-corrected chi connectivity index (χ4v) is 4.45. The normalized spacial score (nSPS) is 25.6. The number of fused-ring (bicyclic) bond motifs is 1. The van der Waals surface area contributed by atoms with Crippen LogP contribution in [0.4, 0.5) is 13.2 Å². The standard InChI is InChI=1S/C14H22N2O3S2.C2HF3O2/c1-21(17,18)15-6-14-13-8-16(4-2-12(13)9-19-14)7-11-3-5-20-10-11;3-2(4,5)1(6)7/h3,5,10,12-15H,2,4,6-9H2,1H3;(H,6,7)/t12-,13-,14+;/m0./s1. The molecule has 3 atom stereocenters. The molecule has 3 heterocycles. The molecule has 2 aliphatic heterocycles. The average Bonchev–Trinajstić information content (AvgIpc) is 3.21. The van der Waals surface area contributed by atoms with Gasteiger partial charge in [-0.2, -0.15) is 24.5 Å². The minimum absolute atomic E-state index is 0.00926. The van der Waals surface area contributed by atoms with E-state index in [2.05, 4.69) is 26.4 Å². The molecule has 0 bridgehead atoms. The number of sulfonamides is 1. The molecular weight excluding hydrogens is 421 g/mol. The van der Waals surface area contributed by atoms with Crippen molar-refractivity contribution in [1.29, 1.82) is 0 Å². The van der Waals surface area contributed by atoms with Gasteiger partial charge in [0.1, 0.15) is 0 Å². The molecule has 2 N–H and O–H groups in total. The number of carbonyl (C=O) groups is 1. The number of hydrogen-bond donors (Lipinski definition) is 2. The van der Waals surface area contributed by atoms with Crippen molar-refractivity contribution < 1.29 is 36.2 Å². The fraction of sp³-hybridized carbons (Fsp3) is 0.688. The molecule has 0 amide bonds. The lowest BCUT2D eigenvalue weighted by Gasteiger charge is -2.35. The summed E-state index contributed by atoms with van der Waals surface area (Å²) in [4.78, 5) is 11.4. The Kier molecular flexibility index (Phi) is 7.85. The Morgan fingerprint density at radius 1 is 1.46 bits per heavy atom. The van der Waals surface area contributed by atoms with E-state index in [1.807, 2.05) is 0 Å². The lowest BCUT2D eigenvalue weighted by Crippen LogP contribution is -2.44. The zero-order valence-corrected chi connectivity index (χ0v) is 16.8. The SMILES string of the molecule is CS(=O)(=O)NC[C@H]1OC[C@@H]2CCN(Cc3ccsc3)C[C@@H]21.O=C(O)C(F)(F)F. The van der Waals surface area contributed by atoms with Gasteiger partial charge in [-0.3, -0.25) is 4.90 Å². The number of piperidine rings is 1. The van der Waals surface area contributed by atoms with Gasteiger partial charge in [0, 0.05) is 25.6 Å². The molecule has 28 heavy (non-hydrogen) atoms. The molecule has 2 fully saturated rings. The number of carboxylic acids is 1. The summed E-state index contributed by atoms with van der Waals surface area (Å²) in [6.07, 6.45) is -2.73. The van der Waals surface area contributed by atoms with Crippen LogP contribution in [0.15, 0.2) is 16.8 Å². The molecule has 2 saturated heterocycles.